The molecule has 1 aliphatic rings. The summed E-state index contributed by atoms with van der Waals surface area (Å²) in [4.78, 5) is 17.0. The summed E-state index contributed by atoms with van der Waals surface area (Å²) in [5, 5.41) is 4.35. The molecule has 1 fully saturated rings. The van der Waals surface area contributed by atoms with E-state index in [-0.39, 0.29) is 5.91 Å². The smallest absolute Gasteiger partial charge is 0.217 e. The number of likely N-dealkylation sites (tertiary alicyclic amines) is 1. The van der Waals surface area contributed by atoms with Gasteiger partial charge in [0.2, 0.25) is 5.91 Å². The highest BCUT2D eigenvalue weighted by Gasteiger charge is 2.25. The molecular formula is C17H23N3O. The van der Waals surface area contributed by atoms with Crippen molar-refractivity contribution in [3.8, 4) is 0 Å². The van der Waals surface area contributed by atoms with Crippen molar-refractivity contribution in [2.45, 2.75) is 38.8 Å². The predicted octanol–water partition coefficient (Wildman–Crippen LogP) is 2.83. The summed E-state index contributed by atoms with van der Waals surface area (Å²) in [7, 11) is 0. The molecule has 3 rings (SSSR count). The molecule has 1 atom stereocenters. The number of aromatic nitrogens is 1. The molecule has 0 bridgehead atoms. The lowest BCUT2D eigenvalue weighted by atomic mass is 10.00. The quantitative estimate of drug-likeness (QED) is 0.911. The Labute approximate surface area is 125 Å². The molecule has 1 aromatic heterocycles. The van der Waals surface area contributed by atoms with Gasteiger partial charge in [-0.05, 0) is 31.4 Å². The van der Waals surface area contributed by atoms with Gasteiger partial charge >= 0.3 is 0 Å². The van der Waals surface area contributed by atoms with Crippen molar-refractivity contribution >= 4 is 16.8 Å². The van der Waals surface area contributed by atoms with E-state index < -0.39 is 0 Å². The van der Waals surface area contributed by atoms with Gasteiger partial charge in [0.25, 0.3) is 0 Å². The van der Waals surface area contributed by atoms with Gasteiger partial charge in [-0.3, -0.25) is 9.69 Å². The van der Waals surface area contributed by atoms with Crippen LogP contribution in [0.3, 0.4) is 0 Å². The highest BCUT2D eigenvalue weighted by molar-refractivity contribution is 5.83. The van der Waals surface area contributed by atoms with Crippen molar-refractivity contribution < 1.29 is 4.79 Å². The van der Waals surface area contributed by atoms with Gasteiger partial charge in [0, 0.05) is 49.2 Å². The normalized spacial score (nSPS) is 18.8. The number of carbonyl (C=O) groups is 1. The number of benzene rings is 1. The Bertz CT molecular complexity index is 626. The molecule has 1 amide bonds. The number of para-hydroxylation sites is 1. The van der Waals surface area contributed by atoms with Gasteiger partial charge in [-0.1, -0.05) is 18.2 Å². The SMILES string of the molecule is CC(=O)NC1CCN(C(C)c2c[nH]c3ccccc23)CC1. The van der Waals surface area contributed by atoms with Crippen LogP contribution in [0.25, 0.3) is 10.9 Å². The van der Waals surface area contributed by atoms with Crippen LogP contribution >= 0.6 is 0 Å². The zero-order valence-electron chi connectivity index (χ0n) is 12.7. The standard InChI is InChI=1S/C17H23N3O/c1-12(16-11-18-17-6-4-3-5-15(16)17)20-9-7-14(8-10-20)19-13(2)21/h3-6,11-12,14,18H,7-10H2,1-2H3,(H,19,21). The summed E-state index contributed by atoms with van der Waals surface area (Å²) in [5.41, 5.74) is 2.57. The number of piperidine rings is 1. The third-order valence-corrected chi connectivity index (χ3v) is 4.56. The first-order valence-electron chi connectivity index (χ1n) is 7.72. The molecule has 1 saturated heterocycles. The van der Waals surface area contributed by atoms with E-state index in [1.54, 1.807) is 6.92 Å². The number of aromatic amines is 1. The van der Waals surface area contributed by atoms with Gasteiger partial charge < -0.3 is 10.3 Å². The van der Waals surface area contributed by atoms with Gasteiger partial charge in [-0.25, -0.2) is 0 Å². The minimum absolute atomic E-state index is 0.0816. The Balaban J connectivity index is 1.69. The molecule has 1 unspecified atom stereocenters. The molecule has 2 N–H and O–H groups in total. The maximum absolute atomic E-state index is 11.1. The fourth-order valence-electron chi connectivity index (χ4n) is 3.35. The molecule has 2 aromatic rings. The fraction of sp³-hybridized carbons (Fsp3) is 0.471. The lowest BCUT2D eigenvalue weighted by molar-refractivity contribution is -0.120. The van der Waals surface area contributed by atoms with E-state index >= 15 is 0 Å². The number of nitrogens with zero attached hydrogens (tertiary/aromatic N) is 1. The van der Waals surface area contributed by atoms with E-state index in [0.29, 0.717) is 12.1 Å². The topological polar surface area (TPSA) is 48.1 Å². The number of amides is 1. The number of fused-ring (bicyclic) bond motifs is 1. The average Bonchev–Trinajstić information content (AvgIpc) is 2.90. The van der Waals surface area contributed by atoms with Crippen molar-refractivity contribution in [3.05, 3.63) is 36.0 Å². The number of carbonyl (C=O) groups excluding carboxylic acids is 1. The van der Waals surface area contributed by atoms with E-state index in [1.165, 1.54) is 16.5 Å². The van der Waals surface area contributed by atoms with Crippen LogP contribution in [0.4, 0.5) is 0 Å². The third kappa shape index (κ3) is 2.95. The van der Waals surface area contributed by atoms with Crippen LogP contribution in [0.2, 0.25) is 0 Å². The number of nitrogens with one attached hydrogen (secondary N) is 2. The molecule has 112 valence electrons. The van der Waals surface area contributed by atoms with Gasteiger partial charge in [0.1, 0.15) is 0 Å². The Morgan fingerprint density at radius 1 is 1.33 bits per heavy atom. The number of hydrogen-bond donors (Lipinski definition) is 2. The second-order valence-electron chi connectivity index (χ2n) is 5.98. The minimum Gasteiger partial charge on any atom is -0.361 e. The van der Waals surface area contributed by atoms with Crippen molar-refractivity contribution in [2.75, 3.05) is 13.1 Å². The zero-order chi connectivity index (χ0) is 14.8. The van der Waals surface area contributed by atoms with E-state index in [0.717, 1.165) is 25.9 Å². The first-order chi connectivity index (χ1) is 10.1. The fourth-order valence-corrected chi connectivity index (χ4v) is 3.35. The van der Waals surface area contributed by atoms with E-state index in [1.807, 2.05) is 0 Å². The van der Waals surface area contributed by atoms with Crippen LogP contribution in [0.1, 0.15) is 38.3 Å². The number of rotatable bonds is 3. The summed E-state index contributed by atoms with van der Waals surface area (Å²) < 4.78 is 0. The molecule has 2 heterocycles. The van der Waals surface area contributed by atoms with Crippen LogP contribution in [0.5, 0.6) is 0 Å². The van der Waals surface area contributed by atoms with E-state index in [4.69, 9.17) is 0 Å². The van der Waals surface area contributed by atoms with E-state index in [9.17, 15) is 4.79 Å². The Morgan fingerprint density at radius 2 is 2.05 bits per heavy atom. The minimum atomic E-state index is 0.0816. The average molecular weight is 285 g/mol. The van der Waals surface area contributed by atoms with Crippen molar-refractivity contribution in [1.82, 2.24) is 15.2 Å². The van der Waals surface area contributed by atoms with Gasteiger partial charge in [0.15, 0.2) is 0 Å². The second-order valence-corrected chi connectivity index (χ2v) is 5.98. The van der Waals surface area contributed by atoms with Crippen LogP contribution in [-0.4, -0.2) is 34.9 Å². The van der Waals surface area contributed by atoms with Crippen LogP contribution < -0.4 is 5.32 Å². The first-order valence-corrected chi connectivity index (χ1v) is 7.72. The molecule has 0 spiro atoms. The molecule has 4 heteroatoms. The summed E-state index contributed by atoms with van der Waals surface area (Å²) in [6.45, 7) is 5.94. The predicted molar refractivity (Wildman–Crippen MR) is 85.1 cm³/mol. The molecule has 1 aliphatic heterocycles. The maximum Gasteiger partial charge on any atom is 0.217 e. The monoisotopic (exact) mass is 285 g/mol. The molecule has 1 aromatic carbocycles. The summed E-state index contributed by atoms with van der Waals surface area (Å²) in [6.07, 6.45) is 4.20. The maximum atomic E-state index is 11.1. The lowest BCUT2D eigenvalue weighted by Crippen LogP contribution is -2.44. The summed E-state index contributed by atoms with van der Waals surface area (Å²) in [5.74, 6) is 0.0816. The first kappa shape index (κ1) is 14.1. The van der Waals surface area contributed by atoms with Gasteiger partial charge in [-0.15, -0.1) is 0 Å². The summed E-state index contributed by atoms with van der Waals surface area (Å²) >= 11 is 0. The largest absolute Gasteiger partial charge is 0.361 e. The molecule has 0 saturated carbocycles. The molecule has 4 nitrogen and oxygen atoms in total. The van der Waals surface area contributed by atoms with Crippen molar-refractivity contribution in [2.24, 2.45) is 0 Å². The van der Waals surface area contributed by atoms with Crippen LogP contribution in [0.15, 0.2) is 30.5 Å². The highest BCUT2D eigenvalue weighted by atomic mass is 16.1. The van der Waals surface area contributed by atoms with Crippen molar-refractivity contribution in [3.63, 3.8) is 0 Å². The zero-order valence-corrected chi connectivity index (χ0v) is 12.7. The van der Waals surface area contributed by atoms with E-state index in [2.05, 4.69) is 52.6 Å². The summed E-state index contributed by atoms with van der Waals surface area (Å²) in [6, 6.07) is 9.20. The van der Waals surface area contributed by atoms with Crippen molar-refractivity contribution in [1.29, 1.82) is 0 Å². The Hall–Kier alpha value is -1.81. The molecule has 0 aliphatic carbocycles. The van der Waals surface area contributed by atoms with Crippen LogP contribution in [0, 0.1) is 0 Å². The molecule has 21 heavy (non-hydrogen) atoms. The third-order valence-electron chi connectivity index (χ3n) is 4.56. The van der Waals surface area contributed by atoms with Gasteiger partial charge in [-0.2, -0.15) is 0 Å². The van der Waals surface area contributed by atoms with Gasteiger partial charge in [0.05, 0.1) is 0 Å². The highest BCUT2D eigenvalue weighted by Crippen LogP contribution is 2.29. The molecular weight excluding hydrogens is 262 g/mol. The number of H-pyrrole nitrogens is 1. The Kier molecular flexibility index (Phi) is 3.97. The number of hydrogen-bond acceptors (Lipinski definition) is 2. The van der Waals surface area contributed by atoms with Crippen LogP contribution in [-0.2, 0) is 4.79 Å². The lowest BCUT2D eigenvalue weighted by Gasteiger charge is -2.36. The molecule has 0 radical (unpaired) electrons. The Morgan fingerprint density at radius 3 is 2.76 bits per heavy atom. The second kappa shape index (κ2) is 5.90.